The number of Topliss-reactive ketones (excluding diaryl/α,β-unsaturated/α-hetero) is 1. The molecule has 34 heavy (non-hydrogen) atoms. The zero-order valence-electron chi connectivity index (χ0n) is 18.3. The van der Waals surface area contributed by atoms with Crippen LogP contribution >= 0.6 is 0 Å². The van der Waals surface area contributed by atoms with Crippen LogP contribution in [-0.2, 0) is 9.59 Å². The molecule has 2 N–H and O–H groups in total. The fraction of sp³-hybridized carbons (Fsp3) is 0.0714. The number of aliphatic hydroxyl groups excluding tert-OH is 1. The normalized spacial score (nSPS) is 17.3. The van der Waals surface area contributed by atoms with Gasteiger partial charge in [0, 0.05) is 11.3 Å². The number of benzene rings is 4. The molecule has 6 heteroatoms. The lowest BCUT2D eigenvalue weighted by atomic mass is 9.93. The third kappa shape index (κ3) is 3.46. The Kier molecular flexibility index (Phi) is 5.26. The number of phenolic OH excluding ortho intramolecular Hbond substituents is 1. The molecule has 4 aromatic carbocycles. The monoisotopic (exact) mass is 451 g/mol. The number of methoxy groups -OCH3 is 1. The maximum atomic E-state index is 13.3. The Morgan fingerprint density at radius 1 is 0.882 bits per heavy atom. The number of aromatic hydroxyl groups is 1. The van der Waals surface area contributed by atoms with Gasteiger partial charge in [0.2, 0.25) is 0 Å². The molecule has 1 heterocycles. The van der Waals surface area contributed by atoms with E-state index < -0.39 is 17.7 Å². The van der Waals surface area contributed by atoms with Crippen LogP contribution in [0.15, 0.2) is 96.6 Å². The number of carbonyl (C=O) groups is 2. The van der Waals surface area contributed by atoms with E-state index in [9.17, 15) is 19.8 Å². The van der Waals surface area contributed by atoms with Crippen LogP contribution in [-0.4, -0.2) is 29.0 Å². The van der Waals surface area contributed by atoms with Crippen LogP contribution in [0.4, 0.5) is 5.69 Å². The molecule has 6 nitrogen and oxygen atoms in total. The van der Waals surface area contributed by atoms with Gasteiger partial charge in [-0.1, -0.05) is 54.6 Å². The molecular formula is C28H21NO5. The largest absolute Gasteiger partial charge is 0.508 e. The molecule has 0 spiro atoms. The number of fused-ring (bicyclic) bond motifs is 1. The number of nitrogens with zero attached hydrogens (tertiary/aromatic N) is 1. The van der Waals surface area contributed by atoms with Gasteiger partial charge in [0.25, 0.3) is 11.7 Å². The summed E-state index contributed by atoms with van der Waals surface area (Å²) in [5.41, 5.74) is 1.38. The molecule has 0 bridgehead atoms. The van der Waals surface area contributed by atoms with Crippen LogP contribution in [0.5, 0.6) is 11.5 Å². The summed E-state index contributed by atoms with van der Waals surface area (Å²) in [5, 5.41) is 23.2. The van der Waals surface area contributed by atoms with Crippen molar-refractivity contribution in [2.75, 3.05) is 12.0 Å². The Labute approximate surface area is 196 Å². The predicted molar refractivity (Wildman–Crippen MR) is 130 cm³/mol. The quantitative estimate of drug-likeness (QED) is 0.254. The maximum Gasteiger partial charge on any atom is 0.300 e. The van der Waals surface area contributed by atoms with Crippen molar-refractivity contribution in [3.8, 4) is 11.5 Å². The van der Waals surface area contributed by atoms with Crippen LogP contribution in [0, 0.1) is 0 Å². The zero-order chi connectivity index (χ0) is 23.8. The SMILES string of the molecule is COc1ccc(N2C(=O)C(=O)/C(=C(\O)c3cccc4ccccc34)C2c2cccc(O)c2)cc1. The van der Waals surface area contributed by atoms with E-state index in [1.807, 2.05) is 30.3 Å². The molecule has 1 aliphatic heterocycles. The number of aliphatic hydroxyl groups is 1. The standard InChI is InChI=1S/C28H21NO5/c1-34-21-14-12-19(13-15-21)29-25(18-8-4-9-20(30)16-18)24(27(32)28(29)33)26(31)23-11-5-7-17-6-2-3-10-22(17)23/h2-16,25,30-31H,1H3/b26-24-. The number of phenols is 1. The lowest BCUT2D eigenvalue weighted by Gasteiger charge is -2.25. The molecule has 1 atom stereocenters. The van der Waals surface area contributed by atoms with Crippen molar-refractivity contribution in [1.29, 1.82) is 0 Å². The third-order valence-corrected chi connectivity index (χ3v) is 6.03. The second kappa shape index (κ2) is 8.41. The minimum absolute atomic E-state index is 0.0111. The number of amides is 1. The van der Waals surface area contributed by atoms with Crippen molar-refractivity contribution in [3.05, 3.63) is 108 Å². The maximum absolute atomic E-state index is 13.3. The summed E-state index contributed by atoms with van der Waals surface area (Å²) in [5.74, 6) is -1.23. The number of ether oxygens (including phenoxy) is 1. The van der Waals surface area contributed by atoms with Gasteiger partial charge in [-0.25, -0.2) is 0 Å². The van der Waals surface area contributed by atoms with Gasteiger partial charge in [-0.3, -0.25) is 14.5 Å². The van der Waals surface area contributed by atoms with Crippen molar-refractivity contribution < 1.29 is 24.5 Å². The Morgan fingerprint density at radius 3 is 2.32 bits per heavy atom. The van der Waals surface area contributed by atoms with E-state index in [2.05, 4.69) is 0 Å². The summed E-state index contributed by atoms with van der Waals surface area (Å²) in [4.78, 5) is 28.0. The number of hydrogen-bond acceptors (Lipinski definition) is 5. The number of ketones is 1. The summed E-state index contributed by atoms with van der Waals surface area (Å²) in [7, 11) is 1.54. The first-order chi connectivity index (χ1) is 16.5. The number of carbonyl (C=O) groups excluding carboxylic acids is 2. The van der Waals surface area contributed by atoms with E-state index in [1.54, 1.807) is 48.5 Å². The molecule has 5 rings (SSSR count). The molecular weight excluding hydrogens is 430 g/mol. The highest BCUT2D eigenvalue weighted by molar-refractivity contribution is 6.51. The van der Waals surface area contributed by atoms with Crippen molar-refractivity contribution >= 4 is 33.9 Å². The molecule has 0 saturated carbocycles. The van der Waals surface area contributed by atoms with Gasteiger partial charge in [-0.15, -0.1) is 0 Å². The van der Waals surface area contributed by atoms with Gasteiger partial charge < -0.3 is 14.9 Å². The van der Waals surface area contributed by atoms with Crippen molar-refractivity contribution in [2.45, 2.75) is 6.04 Å². The van der Waals surface area contributed by atoms with E-state index in [-0.39, 0.29) is 17.1 Å². The zero-order valence-corrected chi connectivity index (χ0v) is 18.3. The Balaban J connectivity index is 1.76. The summed E-state index contributed by atoms with van der Waals surface area (Å²) in [6.07, 6.45) is 0. The summed E-state index contributed by atoms with van der Waals surface area (Å²) < 4.78 is 5.21. The second-order valence-corrected chi connectivity index (χ2v) is 7.99. The minimum Gasteiger partial charge on any atom is -0.508 e. The van der Waals surface area contributed by atoms with E-state index >= 15 is 0 Å². The molecule has 4 aromatic rings. The average molecular weight is 451 g/mol. The van der Waals surface area contributed by atoms with Gasteiger partial charge in [0.05, 0.1) is 18.7 Å². The topological polar surface area (TPSA) is 87.1 Å². The highest BCUT2D eigenvalue weighted by Crippen LogP contribution is 2.43. The van der Waals surface area contributed by atoms with Crippen LogP contribution in [0.1, 0.15) is 17.2 Å². The van der Waals surface area contributed by atoms with Crippen LogP contribution in [0.2, 0.25) is 0 Å². The average Bonchev–Trinajstić information content (AvgIpc) is 3.13. The number of anilines is 1. The first-order valence-electron chi connectivity index (χ1n) is 10.7. The van der Waals surface area contributed by atoms with Crippen LogP contribution in [0.3, 0.4) is 0 Å². The molecule has 0 radical (unpaired) electrons. The van der Waals surface area contributed by atoms with Crippen molar-refractivity contribution in [3.63, 3.8) is 0 Å². The molecule has 1 fully saturated rings. The Morgan fingerprint density at radius 2 is 1.59 bits per heavy atom. The van der Waals surface area contributed by atoms with Gasteiger partial charge in [-0.2, -0.15) is 0 Å². The first kappa shape index (κ1) is 21.3. The van der Waals surface area contributed by atoms with E-state index in [1.165, 1.54) is 24.1 Å². The van der Waals surface area contributed by atoms with E-state index in [4.69, 9.17) is 4.74 Å². The van der Waals surface area contributed by atoms with Crippen LogP contribution in [0.25, 0.3) is 16.5 Å². The fourth-order valence-corrected chi connectivity index (χ4v) is 4.43. The van der Waals surface area contributed by atoms with Crippen molar-refractivity contribution in [1.82, 2.24) is 0 Å². The predicted octanol–water partition coefficient (Wildman–Crippen LogP) is 5.18. The second-order valence-electron chi connectivity index (χ2n) is 7.99. The van der Waals surface area contributed by atoms with E-state index in [0.29, 0.717) is 22.6 Å². The lowest BCUT2D eigenvalue weighted by molar-refractivity contribution is -0.132. The molecule has 1 amide bonds. The summed E-state index contributed by atoms with van der Waals surface area (Å²) in [6.45, 7) is 0. The summed E-state index contributed by atoms with van der Waals surface area (Å²) >= 11 is 0. The highest BCUT2D eigenvalue weighted by atomic mass is 16.5. The minimum atomic E-state index is -0.931. The summed E-state index contributed by atoms with van der Waals surface area (Å²) in [6, 6.07) is 25.1. The fourth-order valence-electron chi connectivity index (χ4n) is 4.43. The van der Waals surface area contributed by atoms with E-state index in [0.717, 1.165) is 10.8 Å². The number of rotatable bonds is 4. The van der Waals surface area contributed by atoms with Gasteiger partial charge >= 0.3 is 0 Å². The first-order valence-corrected chi connectivity index (χ1v) is 10.7. The molecule has 1 unspecified atom stereocenters. The molecule has 0 aromatic heterocycles. The Bertz CT molecular complexity index is 1450. The highest BCUT2D eigenvalue weighted by Gasteiger charge is 2.47. The molecule has 168 valence electrons. The third-order valence-electron chi connectivity index (χ3n) is 6.03. The van der Waals surface area contributed by atoms with Gasteiger partial charge in [-0.05, 0) is 52.7 Å². The number of hydrogen-bond donors (Lipinski definition) is 2. The van der Waals surface area contributed by atoms with Crippen molar-refractivity contribution in [2.24, 2.45) is 0 Å². The molecule has 0 aliphatic carbocycles. The molecule has 1 aliphatic rings. The smallest absolute Gasteiger partial charge is 0.300 e. The van der Waals surface area contributed by atoms with Gasteiger partial charge in [0.1, 0.15) is 17.3 Å². The molecule has 1 saturated heterocycles. The van der Waals surface area contributed by atoms with Crippen LogP contribution < -0.4 is 9.64 Å². The lowest BCUT2D eigenvalue weighted by Crippen LogP contribution is -2.29. The van der Waals surface area contributed by atoms with Gasteiger partial charge in [0.15, 0.2) is 0 Å². The Hall–Kier alpha value is -4.58.